The van der Waals surface area contributed by atoms with E-state index in [4.69, 9.17) is 5.26 Å². The van der Waals surface area contributed by atoms with Crippen LogP contribution in [0, 0.1) is 23.2 Å². The van der Waals surface area contributed by atoms with Crippen LogP contribution in [0.2, 0.25) is 0 Å². The maximum absolute atomic E-state index is 8.94. The summed E-state index contributed by atoms with van der Waals surface area (Å²) < 4.78 is 0. The summed E-state index contributed by atoms with van der Waals surface area (Å²) in [5, 5.41) is 8.94. The van der Waals surface area contributed by atoms with Gasteiger partial charge in [0.15, 0.2) is 0 Å². The molecule has 0 bridgehead atoms. The molecule has 0 aromatic carbocycles. The van der Waals surface area contributed by atoms with E-state index in [0.29, 0.717) is 5.92 Å². The third-order valence-electron chi connectivity index (χ3n) is 2.62. The minimum absolute atomic E-state index is 0.182. The Kier molecular flexibility index (Phi) is 7.51. The van der Waals surface area contributed by atoms with Gasteiger partial charge in [0.2, 0.25) is 0 Å². The normalized spacial score (nSPS) is 13.2. The van der Waals surface area contributed by atoms with Crippen molar-refractivity contribution >= 4 is 0 Å². The van der Waals surface area contributed by atoms with Crippen molar-refractivity contribution in [3.8, 4) is 6.07 Å². The standard InChI is InChI=1S/C12H24N2/c1-5-6-7-8-14(4)10-12(9-13)11(2)3/h11-12H,5-8,10H2,1-4H3. The average molecular weight is 196 g/mol. The first-order valence-corrected chi connectivity index (χ1v) is 5.70. The molecule has 0 aromatic heterocycles. The summed E-state index contributed by atoms with van der Waals surface area (Å²) in [5.41, 5.74) is 0. The van der Waals surface area contributed by atoms with Gasteiger partial charge in [-0.2, -0.15) is 5.26 Å². The Morgan fingerprint density at radius 1 is 1.29 bits per heavy atom. The summed E-state index contributed by atoms with van der Waals surface area (Å²) in [6.45, 7) is 8.49. The molecule has 0 amide bonds. The van der Waals surface area contributed by atoms with E-state index in [1.807, 2.05) is 0 Å². The van der Waals surface area contributed by atoms with Gasteiger partial charge in [-0.15, -0.1) is 0 Å². The Balaban J connectivity index is 3.69. The molecule has 1 atom stereocenters. The molecule has 14 heavy (non-hydrogen) atoms. The van der Waals surface area contributed by atoms with Gasteiger partial charge in [0.25, 0.3) is 0 Å². The van der Waals surface area contributed by atoms with Gasteiger partial charge in [0, 0.05) is 6.54 Å². The fourth-order valence-corrected chi connectivity index (χ4v) is 1.46. The highest BCUT2D eigenvalue weighted by molar-refractivity contribution is 4.86. The van der Waals surface area contributed by atoms with Gasteiger partial charge in [-0.25, -0.2) is 0 Å². The van der Waals surface area contributed by atoms with E-state index in [1.165, 1.54) is 19.3 Å². The minimum Gasteiger partial charge on any atom is -0.305 e. The van der Waals surface area contributed by atoms with Crippen molar-refractivity contribution in [1.29, 1.82) is 5.26 Å². The van der Waals surface area contributed by atoms with Crippen LogP contribution in [-0.2, 0) is 0 Å². The zero-order valence-electron chi connectivity index (χ0n) is 10.1. The highest BCUT2D eigenvalue weighted by atomic mass is 15.1. The van der Waals surface area contributed by atoms with Crippen LogP contribution in [0.15, 0.2) is 0 Å². The number of nitriles is 1. The van der Waals surface area contributed by atoms with Gasteiger partial charge in [-0.05, 0) is 25.9 Å². The van der Waals surface area contributed by atoms with Crippen molar-refractivity contribution in [3.63, 3.8) is 0 Å². The zero-order valence-corrected chi connectivity index (χ0v) is 10.1. The zero-order chi connectivity index (χ0) is 11.0. The number of rotatable bonds is 7. The molecule has 0 spiro atoms. The topological polar surface area (TPSA) is 27.0 Å². The van der Waals surface area contributed by atoms with Gasteiger partial charge in [-0.1, -0.05) is 33.6 Å². The molecule has 0 aliphatic rings. The monoisotopic (exact) mass is 196 g/mol. The van der Waals surface area contributed by atoms with Crippen molar-refractivity contribution in [2.45, 2.75) is 40.0 Å². The van der Waals surface area contributed by atoms with Crippen LogP contribution in [0.25, 0.3) is 0 Å². The first-order valence-electron chi connectivity index (χ1n) is 5.70. The van der Waals surface area contributed by atoms with Crippen LogP contribution in [0.1, 0.15) is 40.0 Å². The molecule has 0 aliphatic heterocycles. The maximum Gasteiger partial charge on any atom is 0.0671 e. The van der Waals surface area contributed by atoms with Gasteiger partial charge < -0.3 is 4.90 Å². The summed E-state index contributed by atoms with van der Waals surface area (Å²) in [4.78, 5) is 2.28. The molecule has 2 nitrogen and oxygen atoms in total. The Morgan fingerprint density at radius 3 is 2.36 bits per heavy atom. The molecule has 2 heteroatoms. The van der Waals surface area contributed by atoms with Gasteiger partial charge in [0.05, 0.1) is 12.0 Å². The molecule has 0 radical (unpaired) electrons. The largest absolute Gasteiger partial charge is 0.305 e. The first-order chi connectivity index (χ1) is 6.61. The van der Waals surface area contributed by atoms with Crippen LogP contribution in [0.4, 0.5) is 0 Å². The van der Waals surface area contributed by atoms with Crippen LogP contribution in [-0.4, -0.2) is 25.0 Å². The molecule has 0 aliphatic carbocycles. The van der Waals surface area contributed by atoms with E-state index < -0.39 is 0 Å². The molecule has 0 aromatic rings. The van der Waals surface area contributed by atoms with Crippen LogP contribution < -0.4 is 0 Å². The minimum atomic E-state index is 0.182. The fourth-order valence-electron chi connectivity index (χ4n) is 1.46. The van der Waals surface area contributed by atoms with E-state index in [9.17, 15) is 0 Å². The Morgan fingerprint density at radius 2 is 1.93 bits per heavy atom. The van der Waals surface area contributed by atoms with Crippen molar-refractivity contribution in [2.75, 3.05) is 20.1 Å². The van der Waals surface area contributed by atoms with Gasteiger partial charge in [0.1, 0.15) is 0 Å². The summed E-state index contributed by atoms with van der Waals surface area (Å²) in [7, 11) is 2.11. The molecule has 0 heterocycles. The highest BCUT2D eigenvalue weighted by Gasteiger charge is 2.14. The number of hydrogen-bond donors (Lipinski definition) is 0. The summed E-state index contributed by atoms with van der Waals surface area (Å²) in [6, 6.07) is 2.38. The summed E-state index contributed by atoms with van der Waals surface area (Å²) in [5.74, 6) is 0.648. The summed E-state index contributed by atoms with van der Waals surface area (Å²) >= 11 is 0. The van der Waals surface area contributed by atoms with E-state index in [1.54, 1.807) is 0 Å². The number of nitrogens with zero attached hydrogens (tertiary/aromatic N) is 2. The van der Waals surface area contributed by atoms with Crippen LogP contribution in [0.3, 0.4) is 0 Å². The molecule has 1 unspecified atom stereocenters. The third kappa shape index (κ3) is 5.99. The van der Waals surface area contributed by atoms with E-state index in [0.717, 1.165) is 13.1 Å². The lowest BCUT2D eigenvalue weighted by Gasteiger charge is -2.21. The molecular formula is C12H24N2. The van der Waals surface area contributed by atoms with Crippen molar-refractivity contribution in [2.24, 2.45) is 11.8 Å². The highest BCUT2D eigenvalue weighted by Crippen LogP contribution is 2.11. The lowest BCUT2D eigenvalue weighted by Crippen LogP contribution is -2.28. The SMILES string of the molecule is CCCCCN(C)CC(C#N)C(C)C. The van der Waals surface area contributed by atoms with E-state index >= 15 is 0 Å². The molecule has 0 fully saturated rings. The first kappa shape index (κ1) is 13.4. The van der Waals surface area contributed by atoms with E-state index in [-0.39, 0.29) is 5.92 Å². The van der Waals surface area contributed by atoms with Crippen molar-refractivity contribution in [3.05, 3.63) is 0 Å². The van der Waals surface area contributed by atoms with Gasteiger partial charge >= 0.3 is 0 Å². The Hall–Kier alpha value is -0.550. The predicted octanol–water partition coefficient (Wildman–Crippen LogP) is 2.90. The number of hydrogen-bond acceptors (Lipinski definition) is 2. The smallest absolute Gasteiger partial charge is 0.0671 e. The Bertz CT molecular complexity index is 170. The van der Waals surface area contributed by atoms with Crippen molar-refractivity contribution in [1.82, 2.24) is 4.90 Å². The van der Waals surface area contributed by atoms with Crippen molar-refractivity contribution < 1.29 is 0 Å². The second kappa shape index (κ2) is 7.82. The second-order valence-corrected chi connectivity index (χ2v) is 4.45. The molecular weight excluding hydrogens is 172 g/mol. The van der Waals surface area contributed by atoms with Crippen LogP contribution >= 0.6 is 0 Å². The molecule has 0 rings (SSSR count). The quantitative estimate of drug-likeness (QED) is 0.585. The molecule has 0 saturated carbocycles. The predicted molar refractivity (Wildman–Crippen MR) is 61.0 cm³/mol. The summed E-state index contributed by atoms with van der Waals surface area (Å²) in [6.07, 6.45) is 3.81. The lowest BCUT2D eigenvalue weighted by molar-refractivity contribution is 0.267. The fraction of sp³-hybridized carbons (Fsp3) is 0.917. The maximum atomic E-state index is 8.94. The Labute approximate surface area is 88.9 Å². The van der Waals surface area contributed by atoms with E-state index in [2.05, 4.69) is 38.8 Å². The van der Waals surface area contributed by atoms with Crippen LogP contribution in [0.5, 0.6) is 0 Å². The molecule has 0 N–H and O–H groups in total. The molecule has 82 valence electrons. The number of unbranched alkanes of at least 4 members (excludes halogenated alkanes) is 2. The molecule has 0 saturated heterocycles. The lowest BCUT2D eigenvalue weighted by atomic mass is 9.97. The van der Waals surface area contributed by atoms with Gasteiger partial charge in [-0.3, -0.25) is 0 Å². The average Bonchev–Trinajstić information content (AvgIpc) is 2.14. The third-order valence-corrected chi connectivity index (χ3v) is 2.62. The second-order valence-electron chi connectivity index (χ2n) is 4.45.